The maximum absolute atomic E-state index is 12.6. The highest BCUT2D eigenvalue weighted by Gasteiger charge is 2.33. The molecule has 6 heteroatoms. The van der Waals surface area contributed by atoms with Crippen LogP contribution in [0.3, 0.4) is 0 Å². The third-order valence-electron chi connectivity index (χ3n) is 3.90. The number of carbonyl (C=O) groups is 1. The molecule has 1 fully saturated rings. The summed E-state index contributed by atoms with van der Waals surface area (Å²) in [6.07, 6.45) is 3.68. The second-order valence-electron chi connectivity index (χ2n) is 5.84. The van der Waals surface area contributed by atoms with Crippen molar-refractivity contribution in [1.29, 1.82) is 0 Å². The molecule has 3 heterocycles. The van der Waals surface area contributed by atoms with Gasteiger partial charge in [-0.25, -0.2) is 0 Å². The van der Waals surface area contributed by atoms with E-state index in [1.165, 1.54) is 0 Å². The number of likely N-dealkylation sites (tertiary alicyclic amines) is 1. The molecule has 2 aromatic heterocycles. The first-order valence-electron chi connectivity index (χ1n) is 7.33. The summed E-state index contributed by atoms with van der Waals surface area (Å²) in [5.74, 6) is 1.13. The van der Waals surface area contributed by atoms with Crippen molar-refractivity contribution in [3.8, 4) is 0 Å². The maximum Gasteiger partial charge on any atom is 0.274 e. The predicted molar refractivity (Wildman–Crippen MR) is 76.8 cm³/mol. The van der Waals surface area contributed by atoms with Crippen LogP contribution in [0, 0.1) is 0 Å². The van der Waals surface area contributed by atoms with Gasteiger partial charge in [-0.3, -0.25) is 9.48 Å². The fourth-order valence-electron chi connectivity index (χ4n) is 2.73. The largest absolute Gasteiger partial charge is 0.361 e. The predicted octanol–water partition coefficient (Wildman–Crippen LogP) is 2.51. The van der Waals surface area contributed by atoms with E-state index >= 15 is 0 Å². The number of hydrogen-bond donors (Lipinski definition) is 0. The van der Waals surface area contributed by atoms with E-state index in [1.54, 1.807) is 16.9 Å². The molecule has 6 nitrogen and oxygen atoms in total. The van der Waals surface area contributed by atoms with E-state index in [0.29, 0.717) is 11.6 Å². The van der Waals surface area contributed by atoms with E-state index in [2.05, 4.69) is 24.1 Å². The van der Waals surface area contributed by atoms with Crippen LogP contribution in [-0.4, -0.2) is 32.3 Å². The first-order chi connectivity index (χ1) is 10.1. The average molecular weight is 288 g/mol. The van der Waals surface area contributed by atoms with Gasteiger partial charge in [-0.1, -0.05) is 19.0 Å². The van der Waals surface area contributed by atoms with Crippen molar-refractivity contribution in [2.45, 2.75) is 38.6 Å². The fraction of sp³-hybridized carbons (Fsp3) is 0.533. The lowest BCUT2D eigenvalue weighted by atomic mass is 10.1. The first-order valence-corrected chi connectivity index (χ1v) is 7.33. The molecule has 1 amide bonds. The van der Waals surface area contributed by atoms with Crippen LogP contribution in [0.4, 0.5) is 0 Å². The molecule has 0 aliphatic carbocycles. The highest BCUT2D eigenvalue weighted by atomic mass is 16.5. The Morgan fingerprint density at radius 2 is 2.29 bits per heavy atom. The Morgan fingerprint density at radius 1 is 1.48 bits per heavy atom. The number of nitrogens with zero attached hydrogens (tertiary/aromatic N) is 4. The molecule has 1 aliphatic heterocycles. The van der Waals surface area contributed by atoms with Gasteiger partial charge in [0.15, 0.2) is 0 Å². The first kappa shape index (κ1) is 13.9. The molecule has 0 aromatic carbocycles. The molecule has 1 aliphatic rings. The van der Waals surface area contributed by atoms with Crippen LogP contribution < -0.4 is 0 Å². The molecule has 0 spiro atoms. The highest BCUT2D eigenvalue weighted by molar-refractivity contribution is 5.92. The quantitative estimate of drug-likeness (QED) is 0.870. The van der Waals surface area contributed by atoms with E-state index in [9.17, 15) is 4.79 Å². The Morgan fingerprint density at radius 3 is 2.90 bits per heavy atom. The summed E-state index contributed by atoms with van der Waals surface area (Å²) in [5.41, 5.74) is 1.33. The molecule has 0 unspecified atom stereocenters. The van der Waals surface area contributed by atoms with Gasteiger partial charge in [-0.15, -0.1) is 0 Å². The number of rotatable bonds is 3. The monoisotopic (exact) mass is 288 g/mol. The van der Waals surface area contributed by atoms with Gasteiger partial charge in [0.1, 0.15) is 17.1 Å². The van der Waals surface area contributed by atoms with Crippen molar-refractivity contribution in [2.24, 2.45) is 7.05 Å². The lowest BCUT2D eigenvalue weighted by molar-refractivity contribution is 0.0724. The summed E-state index contributed by atoms with van der Waals surface area (Å²) in [7, 11) is 1.81. The molecule has 0 N–H and O–H groups in total. The number of hydrogen-bond acceptors (Lipinski definition) is 4. The van der Waals surface area contributed by atoms with Crippen molar-refractivity contribution in [2.75, 3.05) is 6.54 Å². The van der Waals surface area contributed by atoms with Crippen LogP contribution in [0.5, 0.6) is 0 Å². The van der Waals surface area contributed by atoms with E-state index < -0.39 is 0 Å². The number of aromatic nitrogens is 3. The summed E-state index contributed by atoms with van der Waals surface area (Å²) in [6, 6.07) is 3.72. The zero-order valence-corrected chi connectivity index (χ0v) is 12.6. The van der Waals surface area contributed by atoms with Crippen molar-refractivity contribution in [3.05, 3.63) is 35.5 Å². The Kier molecular flexibility index (Phi) is 3.53. The molecule has 1 saturated heterocycles. The lowest BCUT2D eigenvalue weighted by Gasteiger charge is -2.21. The molecule has 21 heavy (non-hydrogen) atoms. The third-order valence-corrected chi connectivity index (χ3v) is 3.90. The third kappa shape index (κ3) is 2.57. The normalized spacial score (nSPS) is 18.7. The maximum atomic E-state index is 12.6. The molecule has 0 radical (unpaired) electrons. The topological polar surface area (TPSA) is 64.2 Å². The lowest BCUT2D eigenvalue weighted by Crippen LogP contribution is -2.31. The number of amides is 1. The highest BCUT2D eigenvalue weighted by Crippen LogP contribution is 2.33. The van der Waals surface area contributed by atoms with E-state index in [1.807, 2.05) is 18.0 Å². The smallest absolute Gasteiger partial charge is 0.274 e. The van der Waals surface area contributed by atoms with Crippen LogP contribution in [0.15, 0.2) is 22.9 Å². The number of aryl methyl sites for hydroxylation is 1. The second-order valence-corrected chi connectivity index (χ2v) is 5.84. The van der Waals surface area contributed by atoms with E-state index in [4.69, 9.17) is 4.52 Å². The van der Waals surface area contributed by atoms with Crippen LogP contribution in [0.1, 0.15) is 60.6 Å². The molecular formula is C15H20N4O2. The Balaban J connectivity index is 1.83. The van der Waals surface area contributed by atoms with Gasteiger partial charge in [0.25, 0.3) is 5.91 Å². The Labute approximate surface area is 123 Å². The summed E-state index contributed by atoms with van der Waals surface area (Å²) in [6.45, 7) is 4.87. The standard InChI is InChI=1S/C15H20N4O2/c1-10(2)14-9-12(17-21-14)13-5-4-7-19(13)15(20)11-6-8-18(3)16-11/h6,8-10,13H,4-5,7H2,1-3H3/t13-/m1/s1. The van der Waals surface area contributed by atoms with Gasteiger partial charge in [0.05, 0.1) is 6.04 Å². The van der Waals surface area contributed by atoms with Crippen molar-refractivity contribution < 1.29 is 9.32 Å². The minimum atomic E-state index is -0.0350. The average Bonchev–Trinajstić information content (AvgIpc) is 3.17. The van der Waals surface area contributed by atoms with Crippen molar-refractivity contribution in [1.82, 2.24) is 19.8 Å². The summed E-state index contributed by atoms with van der Waals surface area (Å²) in [5, 5.41) is 8.35. The summed E-state index contributed by atoms with van der Waals surface area (Å²) < 4.78 is 7.01. The summed E-state index contributed by atoms with van der Waals surface area (Å²) in [4.78, 5) is 14.4. The second kappa shape index (κ2) is 5.35. The fourth-order valence-corrected chi connectivity index (χ4v) is 2.73. The van der Waals surface area contributed by atoms with Crippen LogP contribution in [0.2, 0.25) is 0 Å². The molecule has 1 atom stereocenters. The minimum absolute atomic E-state index is 0.00393. The molecule has 3 rings (SSSR count). The van der Waals surface area contributed by atoms with Crippen molar-refractivity contribution in [3.63, 3.8) is 0 Å². The molecule has 2 aromatic rings. The van der Waals surface area contributed by atoms with Crippen LogP contribution in [0.25, 0.3) is 0 Å². The summed E-state index contributed by atoms with van der Waals surface area (Å²) >= 11 is 0. The van der Waals surface area contributed by atoms with E-state index in [-0.39, 0.29) is 11.9 Å². The van der Waals surface area contributed by atoms with Crippen LogP contribution in [-0.2, 0) is 7.05 Å². The van der Waals surface area contributed by atoms with Gasteiger partial charge in [-0.05, 0) is 18.9 Å². The molecule has 112 valence electrons. The Hall–Kier alpha value is -2.11. The van der Waals surface area contributed by atoms with Gasteiger partial charge in [-0.2, -0.15) is 5.10 Å². The van der Waals surface area contributed by atoms with Gasteiger partial charge in [0, 0.05) is 31.8 Å². The zero-order chi connectivity index (χ0) is 15.0. The van der Waals surface area contributed by atoms with Gasteiger partial charge in [0.2, 0.25) is 0 Å². The van der Waals surface area contributed by atoms with Gasteiger partial charge < -0.3 is 9.42 Å². The zero-order valence-electron chi connectivity index (χ0n) is 12.6. The molecule has 0 bridgehead atoms. The van der Waals surface area contributed by atoms with Crippen molar-refractivity contribution >= 4 is 5.91 Å². The SMILES string of the molecule is CC(C)c1cc([C@H]2CCCN2C(=O)c2ccn(C)n2)no1. The van der Waals surface area contributed by atoms with Gasteiger partial charge >= 0.3 is 0 Å². The minimum Gasteiger partial charge on any atom is -0.361 e. The Bertz CT molecular complexity index is 644. The van der Waals surface area contributed by atoms with Crippen LogP contribution >= 0.6 is 0 Å². The van der Waals surface area contributed by atoms with E-state index in [0.717, 1.165) is 30.8 Å². The number of carbonyl (C=O) groups excluding carboxylic acids is 1. The molecular weight excluding hydrogens is 268 g/mol. The molecule has 0 saturated carbocycles.